The fourth-order valence-corrected chi connectivity index (χ4v) is 1.27. The quantitative estimate of drug-likeness (QED) is 0.868. The molecule has 4 nitrogen and oxygen atoms in total. The van der Waals surface area contributed by atoms with Crippen LogP contribution >= 0.6 is 0 Å². The van der Waals surface area contributed by atoms with Gasteiger partial charge in [0.15, 0.2) is 0 Å². The Bertz CT molecular complexity index is 414. The Morgan fingerprint density at radius 2 is 2.12 bits per heavy atom. The van der Waals surface area contributed by atoms with Crippen molar-refractivity contribution in [1.29, 1.82) is 5.26 Å². The van der Waals surface area contributed by atoms with E-state index in [2.05, 4.69) is 4.98 Å². The summed E-state index contributed by atoms with van der Waals surface area (Å²) in [5.74, 6) is 0.0235. The molecule has 0 aromatic carbocycles. The second-order valence-corrected chi connectivity index (χ2v) is 3.25. The molecule has 0 bridgehead atoms. The van der Waals surface area contributed by atoms with Gasteiger partial charge in [0.05, 0.1) is 6.61 Å². The van der Waals surface area contributed by atoms with Gasteiger partial charge in [-0.15, -0.1) is 0 Å². The van der Waals surface area contributed by atoms with Crippen LogP contribution in [-0.2, 0) is 0 Å². The zero-order chi connectivity index (χ0) is 12.9. The molecule has 0 radical (unpaired) electrons. The van der Waals surface area contributed by atoms with Gasteiger partial charge < -0.3 is 10.0 Å². The average molecular weight is 245 g/mol. The normalized spacial score (nSPS) is 11.0. The fraction of sp³-hybridized carbons (Fsp3) is 0.400. The number of aromatic nitrogens is 1. The minimum Gasteiger partial charge on any atom is -0.395 e. The summed E-state index contributed by atoms with van der Waals surface area (Å²) in [5, 5.41) is 17.3. The lowest BCUT2D eigenvalue weighted by Gasteiger charge is -2.23. The number of alkyl halides is 3. The number of anilines is 1. The number of nitriles is 1. The second-order valence-electron chi connectivity index (χ2n) is 3.25. The number of aliphatic hydroxyl groups excluding tert-OH is 1. The lowest BCUT2D eigenvalue weighted by molar-refractivity contribution is -0.120. The molecular weight excluding hydrogens is 235 g/mol. The second kappa shape index (κ2) is 5.50. The van der Waals surface area contributed by atoms with E-state index in [-0.39, 0.29) is 18.1 Å². The van der Waals surface area contributed by atoms with Crippen LogP contribution in [0.5, 0.6) is 0 Å². The van der Waals surface area contributed by atoms with Crippen molar-refractivity contribution in [2.45, 2.75) is 6.18 Å². The largest absolute Gasteiger partial charge is 0.405 e. The molecular formula is C10H10F3N3O. The Kier molecular flexibility index (Phi) is 4.29. The van der Waals surface area contributed by atoms with Crippen molar-refractivity contribution >= 4 is 5.82 Å². The third-order valence-corrected chi connectivity index (χ3v) is 1.91. The van der Waals surface area contributed by atoms with E-state index in [0.29, 0.717) is 0 Å². The number of hydrogen-bond acceptors (Lipinski definition) is 4. The molecule has 92 valence electrons. The van der Waals surface area contributed by atoms with Crippen LogP contribution in [0.2, 0.25) is 0 Å². The fourth-order valence-electron chi connectivity index (χ4n) is 1.27. The Hall–Kier alpha value is -1.81. The van der Waals surface area contributed by atoms with Gasteiger partial charge in [0, 0.05) is 6.54 Å². The van der Waals surface area contributed by atoms with Crippen LogP contribution in [0.4, 0.5) is 19.0 Å². The van der Waals surface area contributed by atoms with Crippen molar-refractivity contribution in [3.8, 4) is 6.07 Å². The molecule has 1 heterocycles. The topological polar surface area (TPSA) is 60.2 Å². The highest BCUT2D eigenvalue weighted by Crippen LogP contribution is 2.20. The average Bonchev–Trinajstić information content (AvgIpc) is 2.27. The molecule has 0 aliphatic rings. The van der Waals surface area contributed by atoms with Crippen LogP contribution in [0.1, 0.15) is 5.69 Å². The first-order chi connectivity index (χ1) is 7.96. The van der Waals surface area contributed by atoms with Gasteiger partial charge in [0.25, 0.3) is 0 Å². The summed E-state index contributed by atoms with van der Waals surface area (Å²) in [4.78, 5) is 4.62. The van der Waals surface area contributed by atoms with E-state index in [1.807, 2.05) is 0 Å². The summed E-state index contributed by atoms with van der Waals surface area (Å²) in [6.07, 6.45) is -4.39. The lowest BCUT2D eigenvalue weighted by atomic mass is 10.3. The van der Waals surface area contributed by atoms with E-state index >= 15 is 0 Å². The molecule has 0 amide bonds. The van der Waals surface area contributed by atoms with Gasteiger partial charge in [-0.1, -0.05) is 6.07 Å². The third-order valence-electron chi connectivity index (χ3n) is 1.91. The van der Waals surface area contributed by atoms with E-state index in [1.165, 1.54) is 18.2 Å². The monoisotopic (exact) mass is 245 g/mol. The molecule has 0 aliphatic heterocycles. The van der Waals surface area contributed by atoms with Gasteiger partial charge in [-0.2, -0.15) is 18.4 Å². The van der Waals surface area contributed by atoms with Gasteiger partial charge in [-0.3, -0.25) is 0 Å². The molecule has 7 heteroatoms. The number of hydrogen-bond donors (Lipinski definition) is 1. The zero-order valence-corrected chi connectivity index (χ0v) is 8.78. The molecule has 1 rings (SSSR count). The maximum Gasteiger partial charge on any atom is 0.405 e. The first kappa shape index (κ1) is 13.3. The molecule has 0 saturated carbocycles. The highest BCUT2D eigenvalue weighted by Gasteiger charge is 2.31. The number of aliphatic hydroxyl groups is 1. The molecule has 1 aromatic rings. The Balaban J connectivity index is 2.93. The predicted octanol–water partition coefficient (Wildman–Crippen LogP) is 1.31. The van der Waals surface area contributed by atoms with Crippen molar-refractivity contribution < 1.29 is 18.3 Å². The van der Waals surface area contributed by atoms with Crippen LogP contribution in [-0.4, -0.2) is 36.0 Å². The van der Waals surface area contributed by atoms with Crippen molar-refractivity contribution in [3.05, 3.63) is 23.9 Å². The first-order valence-corrected chi connectivity index (χ1v) is 4.76. The van der Waals surface area contributed by atoms with Gasteiger partial charge in [0.2, 0.25) is 0 Å². The van der Waals surface area contributed by atoms with Gasteiger partial charge >= 0.3 is 6.18 Å². The van der Waals surface area contributed by atoms with Gasteiger partial charge in [0.1, 0.15) is 24.1 Å². The highest BCUT2D eigenvalue weighted by atomic mass is 19.4. The Labute approximate surface area is 95.9 Å². The zero-order valence-electron chi connectivity index (χ0n) is 8.78. The first-order valence-electron chi connectivity index (χ1n) is 4.76. The van der Waals surface area contributed by atoms with Crippen LogP contribution < -0.4 is 4.90 Å². The van der Waals surface area contributed by atoms with Crippen molar-refractivity contribution in [2.24, 2.45) is 0 Å². The number of rotatable bonds is 4. The van der Waals surface area contributed by atoms with Crippen LogP contribution in [0.15, 0.2) is 18.2 Å². The lowest BCUT2D eigenvalue weighted by Crippen LogP contribution is -2.36. The SMILES string of the molecule is N#Cc1cccc(N(CCO)CC(F)(F)F)n1. The standard InChI is InChI=1S/C10H10F3N3O/c11-10(12,13)7-16(4-5-17)9-3-1-2-8(6-14)15-9/h1-3,17H,4-5,7H2. The summed E-state index contributed by atoms with van der Waals surface area (Å²) >= 11 is 0. The molecule has 0 atom stereocenters. The minimum atomic E-state index is -4.39. The van der Waals surface area contributed by atoms with E-state index in [1.54, 1.807) is 6.07 Å². The highest BCUT2D eigenvalue weighted by molar-refractivity contribution is 5.41. The van der Waals surface area contributed by atoms with Crippen molar-refractivity contribution in [1.82, 2.24) is 4.98 Å². The number of nitrogens with zero attached hydrogens (tertiary/aromatic N) is 3. The molecule has 0 fully saturated rings. The summed E-state index contributed by atoms with van der Waals surface area (Å²) in [7, 11) is 0. The van der Waals surface area contributed by atoms with E-state index in [4.69, 9.17) is 10.4 Å². The molecule has 17 heavy (non-hydrogen) atoms. The summed E-state index contributed by atoms with van der Waals surface area (Å²) < 4.78 is 36.8. The van der Waals surface area contributed by atoms with Crippen molar-refractivity contribution in [3.63, 3.8) is 0 Å². The van der Waals surface area contributed by atoms with Crippen LogP contribution in [0, 0.1) is 11.3 Å². The molecule has 1 aromatic heterocycles. The Morgan fingerprint density at radius 1 is 1.41 bits per heavy atom. The predicted molar refractivity (Wildman–Crippen MR) is 54.3 cm³/mol. The van der Waals surface area contributed by atoms with Crippen LogP contribution in [0.3, 0.4) is 0 Å². The van der Waals surface area contributed by atoms with Gasteiger partial charge in [-0.25, -0.2) is 4.98 Å². The number of pyridine rings is 1. The summed E-state index contributed by atoms with van der Waals surface area (Å²) in [5.41, 5.74) is 0.0348. The molecule has 0 aliphatic carbocycles. The van der Waals surface area contributed by atoms with Crippen LogP contribution in [0.25, 0.3) is 0 Å². The molecule has 0 spiro atoms. The molecule has 1 N–H and O–H groups in total. The van der Waals surface area contributed by atoms with E-state index in [0.717, 1.165) is 4.90 Å². The minimum absolute atomic E-state index is 0.0235. The summed E-state index contributed by atoms with van der Waals surface area (Å²) in [6.45, 7) is -1.83. The third kappa shape index (κ3) is 4.28. The number of halogens is 3. The van der Waals surface area contributed by atoms with Crippen molar-refractivity contribution in [2.75, 3.05) is 24.6 Å². The molecule has 0 unspecified atom stereocenters. The maximum absolute atomic E-state index is 12.3. The van der Waals surface area contributed by atoms with E-state index in [9.17, 15) is 13.2 Å². The summed E-state index contributed by atoms with van der Waals surface area (Å²) in [6, 6.07) is 5.95. The Morgan fingerprint density at radius 3 is 2.65 bits per heavy atom. The maximum atomic E-state index is 12.3. The molecule has 0 saturated heterocycles. The van der Waals surface area contributed by atoms with Gasteiger partial charge in [-0.05, 0) is 12.1 Å². The smallest absolute Gasteiger partial charge is 0.395 e. The van der Waals surface area contributed by atoms with E-state index < -0.39 is 19.3 Å².